The zero-order chi connectivity index (χ0) is 13.6. The van der Waals surface area contributed by atoms with E-state index < -0.39 is 22.0 Å². The Hall–Kier alpha value is -1.44. The molecule has 100 valence electrons. The lowest BCUT2D eigenvalue weighted by Gasteiger charge is -2.08. The summed E-state index contributed by atoms with van der Waals surface area (Å²) >= 11 is 0. The molecule has 1 atom stereocenters. The fraction of sp³-hybridized carbons (Fsp3) is 0.364. The maximum absolute atomic E-state index is 11.6. The van der Waals surface area contributed by atoms with Gasteiger partial charge in [0.15, 0.2) is 0 Å². The number of sulfonamides is 1. The Labute approximate surface area is 106 Å². The summed E-state index contributed by atoms with van der Waals surface area (Å²) in [6.45, 7) is 0.186. The summed E-state index contributed by atoms with van der Waals surface area (Å²) in [5.74, 6) is -1.50. The van der Waals surface area contributed by atoms with Crippen molar-refractivity contribution in [3.8, 4) is 0 Å². The van der Waals surface area contributed by atoms with E-state index in [-0.39, 0.29) is 18.7 Å². The van der Waals surface area contributed by atoms with E-state index in [0.717, 1.165) is 5.56 Å². The molecule has 0 saturated heterocycles. The molecule has 1 aromatic carbocycles. The summed E-state index contributed by atoms with van der Waals surface area (Å²) < 4.78 is 25.5. The number of nitrogens with two attached hydrogens (primary N) is 1. The number of aliphatic carboxylic acids is 1. The molecule has 0 aromatic heterocycles. The van der Waals surface area contributed by atoms with E-state index in [1.165, 1.54) is 0 Å². The summed E-state index contributed by atoms with van der Waals surface area (Å²) in [7, 11) is -3.50. The first-order valence-corrected chi connectivity index (χ1v) is 7.05. The van der Waals surface area contributed by atoms with Crippen molar-refractivity contribution in [3.63, 3.8) is 0 Å². The molecule has 0 bridgehead atoms. The van der Waals surface area contributed by atoms with Crippen LogP contribution >= 0.6 is 0 Å². The van der Waals surface area contributed by atoms with Crippen molar-refractivity contribution in [2.75, 3.05) is 5.75 Å². The van der Waals surface area contributed by atoms with Gasteiger partial charge in [-0.25, -0.2) is 13.1 Å². The minimum Gasteiger partial charge on any atom is -0.480 e. The second-order valence-corrected chi connectivity index (χ2v) is 5.79. The summed E-state index contributed by atoms with van der Waals surface area (Å²) in [6.07, 6.45) is -0.112. The predicted octanol–water partition coefficient (Wildman–Crippen LogP) is -0.0920. The van der Waals surface area contributed by atoms with Crippen molar-refractivity contribution in [3.05, 3.63) is 35.9 Å². The average molecular weight is 272 g/mol. The highest BCUT2D eigenvalue weighted by atomic mass is 32.2. The Bertz CT molecular complexity index is 487. The summed E-state index contributed by atoms with van der Waals surface area (Å²) in [5.41, 5.74) is 6.08. The first-order valence-electron chi connectivity index (χ1n) is 5.40. The van der Waals surface area contributed by atoms with Gasteiger partial charge in [-0.1, -0.05) is 30.3 Å². The van der Waals surface area contributed by atoms with Crippen LogP contribution in [0.3, 0.4) is 0 Å². The Morgan fingerprint density at radius 1 is 1.33 bits per heavy atom. The number of rotatable bonds is 7. The molecule has 1 aromatic rings. The Kier molecular flexibility index (Phi) is 5.26. The van der Waals surface area contributed by atoms with Crippen LogP contribution in [0.4, 0.5) is 0 Å². The van der Waals surface area contributed by atoms with Crippen molar-refractivity contribution in [1.29, 1.82) is 0 Å². The molecule has 0 amide bonds. The van der Waals surface area contributed by atoms with Crippen molar-refractivity contribution in [2.45, 2.75) is 19.0 Å². The van der Waals surface area contributed by atoms with Gasteiger partial charge in [-0.15, -0.1) is 0 Å². The van der Waals surface area contributed by atoms with Crippen molar-refractivity contribution >= 4 is 16.0 Å². The van der Waals surface area contributed by atoms with Crippen molar-refractivity contribution < 1.29 is 18.3 Å². The number of carbonyl (C=O) groups is 1. The summed E-state index contributed by atoms with van der Waals surface area (Å²) in [4.78, 5) is 10.5. The number of carboxylic acids is 1. The molecular formula is C11H16N2O4S. The molecule has 0 spiro atoms. The van der Waals surface area contributed by atoms with Gasteiger partial charge in [0, 0.05) is 6.54 Å². The molecular weight excluding hydrogens is 256 g/mol. The minimum atomic E-state index is -3.50. The molecule has 1 unspecified atom stereocenters. The first kappa shape index (κ1) is 14.6. The van der Waals surface area contributed by atoms with Gasteiger partial charge in [-0.3, -0.25) is 4.79 Å². The number of hydrogen-bond acceptors (Lipinski definition) is 4. The maximum Gasteiger partial charge on any atom is 0.320 e. The number of benzene rings is 1. The quantitative estimate of drug-likeness (QED) is 0.642. The predicted molar refractivity (Wildman–Crippen MR) is 67.3 cm³/mol. The highest BCUT2D eigenvalue weighted by molar-refractivity contribution is 7.89. The molecule has 0 aliphatic carbocycles. The molecule has 4 N–H and O–H groups in total. The van der Waals surface area contributed by atoms with Gasteiger partial charge in [0.05, 0.1) is 5.75 Å². The molecule has 1 rings (SSSR count). The Morgan fingerprint density at radius 2 is 1.94 bits per heavy atom. The smallest absolute Gasteiger partial charge is 0.320 e. The molecule has 0 aliphatic heterocycles. The van der Waals surface area contributed by atoms with E-state index in [1.807, 2.05) is 18.2 Å². The highest BCUT2D eigenvalue weighted by Gasteiger charge is 2.17. The molecule has 0 heterocycles. The summed E-state index contributed by atoms with van der Waals surface area (Å²) in [5, 5.41) is 8.55. The van der Waals surface area contributed by atoms with Crippen LogP contribution in [-0.4, -0.2) is 31.3 Å². The van der Waals surface area contributed by atoms with Crippen LogP contribution in [0.1, 0.15) is 12.0 Å². The second kappa shape index (κ2) is 6.48. The monoisotopic (exact) mass is 272 g/mol. The zero-order valence-electron chi connectivity index (χ0n) is 9.74. The third-order valence-electron chi connectivity index (χ3n) is 2.35. The normalized spacial score (nSPS) is 13.2. The van der Waals surface area contributed by atoms with E-state index in [0.29, 0.717) is 0 Å². The first-order chi connectivity index (χ1) is 8.41. The van der Waals surface area contributed by atoms with Gasteiger partial charge in [0.25, 0.3) is 0 Å². The van der Waals surface area contributed by atoms with Crippen LogP contribution in [0.5, 0.6) is 0 Å². The van der Waals surface area contributed by atoms with E-state index in [9.17, 15) is 13.2 Å². The molecule has 0 radical (unpaired) electrons. The van der Waals surface area contributed by atoms with Gasteiger partial charge in [0.2, 0.25) is 10.0 Å². The molecule has 7 heteroatoms. The van der Waals surface area contributed by atoms with Crippen LogP contribution in [0.2, 0.25) is 0 Å². The molecule has 0 fully saturated rings. The van der Waals surface area contributed by atoms with Gasteiger partial charge in [-0.05, 0) is 12.0 Å². The fourth-order valence-electron chi connectivity index (χ4n) is 1.27. The average Bonchev–Trinajstić information content (AvgIpc) is 2.35. The largest absolute Gasteiger partial charge is 0.480 e. The van der Waals surface area contributed by atoms with Crippen LogP contribution in [0.25, 0.3) is 0 Å². The van der Waals surface area contributed by atoms with Gasteiger partial charge < -0.3 is 10.8 Å². The Balaban J connectivity index is 2.43. The maximum atomic E-state index is 11.6. The van der Waals surface area contributed by atoms with Crippen LogP contribution in [0.15, 0.2) is 30.3 Å². The fourth-order valence-corrected chi connectivity index (χ4v) is 2.36. The lowest BCUT2D eigenvalue weighted by Crippen LogP contribution is -2.35. The SMILES string of the molecule is NC(CCS(=O)(=O)NCc1ccccc1)C(=O)O. The number of carboxylic acid groups (broad SMARTS) is 1. The minimum absolute atomic E-state index is 0.112. The number of hydrogen-bond donors (Lipinski definition) is 3. The van der Waals surface area contributed by atoms with Crippen molar-refractivity contribution in [1.82, 2.24) is 4.72 Å². The van der Waals surface area contributed by atoms with E-state index in [4.69, 9.17) is 10.8 Å². The van der Waals surface area contributed by atoms with Crippen molar-refractivity contribution in [2.24, 2.45) is 5.73 Å². The van der Waals surface area contributed by atoms with Crippen LogP contribution in [0, 0.1) is 0 Å². The molecule has 6 nitrogen and oxygen atoms in total. The topological polar surface area (TPSA) is 109 Å². The van der Waals surface area contributed by atoms with E-state index in [2.05, 4.69) is 4.72 Å². The third-order valence-corrected chi connectivity index (χ3v) is 3.71. The Morgan fingerprint density at radius 3 is 2.50 bits per heavy atom. The second-order valence-electron chi connectivity index (χ2n) is 3.86. The third kappa shape index (κ3) is 5.26. The molecule has 0 saturated carbocycles. The van der Waals surface area contributed by atoms with Crippen LogP contribution < -0.4 is 10.5 Å². The lowest BCUT2D eigenvalue weighted by atomic mass is 10.2. The standard InChI is InChI=1S/C11H16N2O4S/c12-10(11(14)15)6-7-18(16,17)13-8-9-4-2-1-3-5-9/h1-5,10,13H,6-8,12H2,(H,14,15). The van der Waals surface area contributed by atoms with Gasteiger partial charge in [-0.2, -0.15) is 0 Å². The van der Waals surface area contributed by atoms with Crippen LogP contribution in [-0.2, 0) is 21.4 Å². The zero-order valence-corrected chi connectivity index (χ0v) is 10.6. The number of nitrogens with one attached hydrogen (secondary N) is 1. The molecule has 18 heavy (non-hydrogen) atoms. The highest BCUT2D eigenvalue weighted by Crippen LogP contribution is 2.00. The van der Waals surface area contributed by atoms with Gasteiger partial charge in [0.1, 0.15) is 6.04 Å². The van der Waals surface area contributed by atoms with Gasteiger partial charge >= 0.3 is 5.97 Å². The summed E-state index contributed by atoms with van der Waals surface area (Å²) in [6, 6.07) is 7.90. The van der Waals surface area contributed by atoms with E-state index >= 15 is 0 Å². The molecule has 0 aliphatic rings. The lowest BCUT2D eigenvalue weighted by molar-refractivity contribution is -0.138. The van der Waals surface area contributed by atoms with E-state index in [1.54, 1.807) is 12.1 Å².